The Kier molecular flexibility index (Phi) is 5.19. The highest BCUT2D eigenvalue weighted by Gasteiger charge is 2.37. The molecule has 5 heteroatoms. The second-order valence-electron chi connectivity index (χ2n) is 5.82. The molecule has 0 saturated carbocycles. The van der Waals surface area contributed by atoms with Crippen molar-refractivity contribution in [1.82, 2.24) is 4.90 Å². The molecule has 1 aliphatic rings. The summed E-state index contributed by atoms with van der Waals surface area (Å²) in [5.74, 6) is -0.823. The molecule has 25 heavy (non-hydrogen) atoms. The maximum atomic E-state index is 12.7. The van der Waals surface area contributed by atoms with Gasteiger partial charge < -0.3 is 5.32 Å². The molecule has 2 aromatic carbocycles. The molecule has 0 radical (unpaired) electrons. The number of nitrogens with one attached hydrogen (secondary N) is 1. The first-order valence-electron chi connectivity index (χ1n) is 8.26. The van der Waals surface area contributed by atoms with Gasteiger partial charge in [-0.2, -0.15) is 0 Å². The third-order valence-corrected chi connectivity index (χ3v) is 4.59. The minimum Gasteiger partial charge on any atom is -0.349 e. The normalized spacial score (nSPS) is 14.4. The first-order chi connectivity index (χ1) is 12.1. The number of carbonyl (C=O) groups excluding carboxylic acids is 2. The summed E-state index contributed by atoms with van der Waals surface area (Å²) in [5.41, 5.74) is 3.07. The van der Waals surface area contributed by atoms with Crippen LogP contribution in [0.2, 0.25) is 0 Å². The van der Waals surface area contributed by atoms with E-state index >= 15 is 0 Å². The van der Waals surface area contributed by atoms with E-state index in [4.69, 9.17) is 11.6 Å². The van der Waals surface area contributed by atoms with E-state index in [2.05, 4.69) is 5.32 Å². The third-order valence-electron chi connectivity index (χ3n) is 4.24. The number of halogens is 1. The van der Waals surface area contributed by atoms with E-state index in [-0.39, 0.29) is 16.6 Å². The summed E-state index contributed by atoms with van der Waals surface area (Å²) in [6.07, 6.45) is 1.41. The van der Waals surface area contributed by atoms with Crippen molar-refractivity contribution in [2.24, 2.45) is 0 Å². The SMILES string of the molecule is CCc1ccccc1NC1=C(Cl)C(=O)N(CCc2ccccc2)C1=O. The summed E-state index contributed by atoms with van der Waals surface area (Å²) < 4.78 is 0. The third kappa shape index (κ3) is 3.59. The molecule has 0 aromatic heterocycles. The summed E-state index contributed by atoms with van der Waals surface area (Å²) in [5, 5.41) is 3.00. The van der Waals surface area contributed by atoms with Crippen molar-refractivity contribution >= 4 is 29.1 Å². The Morgan fingerprint density at radius 2 is 1.64 bits per heavy atom. The van der Waals surface area contributed by atoms with Crippen LogP contribution in [0.5, 0.6) is 0 Å². The molecule has 1 N–H and O–H groups in total. The monoisotopic (exact) mass is 354 g/mol. The fourth-order valence-electron chi connectivity index (χ4n) is 2.83. The number of aryl methyl sites for hydroxylation is 1. The van der Waals surface area contributed by atoms with Gasteiger partial charge in [0.1, 0.15) is 10.7 Å². The Morgan fingerprint density at radius 3 is 2.36 bits per heavy atom. The number of carbonyl (C=O) groups is 2. The smallest absolute Gasteiger partial charge is 0.278 e. The summed E-state index contributed by atoms with van der Waals surface area (Å²) in [6.45, 7) is 2.34. The van der Waals surface area contributed by atoms with Crippen molar-refractivity contribution in [1.29, 1.82) is 0 Å². The van der Waals surface area contributed by atoms with Gasteiger partial charge in [-0.05, 0) is 30.0 Å². The van der Waals surface area contributed by atoms with E-state index in [1.54, 1.807) is 0 Å². The van der Waals surface area contributed by atoms with Gasteiger partial charge >= 0.3 is 0 Å². The standard InChI is InChI=1S/C20H19ClN2O2/c1-2-15-10-6-7-11-16(15)22-18-17(21)19(24)23(20(18)25)13-12-14-8-4-3-5-9-14/h3-11,22H,2,12-13H2,1H3. The fraction of sp³-hybridized carbons (Fsp3) is 0.200. The van der Waals surface area contributed by atoms with Gasteiger partial charge in [0.05, 0.1) is 0 Å². The molecular weight excluding hydrogens is 336 g/mol. The Bertz CT molecular complexity index is 831. The molecule has 0 atom stereocenters. The number of imide groups is 1. The minimum absolute atomic E-state index is 0.0519. The zero-order valence-corrected chi connectivity index (χ0v) is 14.7. The first-order valence-corrected chi connectivity index (χ1v) is 8.64. The molecule has 0 fully saturated rings. The van der Waals surface area contributed by atoms with Gasteiger partial charge in [-0.15, -0.1) is 0 Å². The average Bonchev–Trinajstić information content (AvgIpc) is 2.85. The van der Waals surface area contributed by atoms with Crippen molar-refractivity contribution < 1.29 is 9.59 Å². The van der Waals surface area contributed by atoms with Crippen LogP contribution < -0.4 is 5.32 Å². The molecule has 0 bridgehead atoms. The highest BCUT2D eigenvalue weighted by atomic mass is 35.5. The molecule has 3 rings (SSSR count). The van der Waals surface area contributed by atoms with Gasteiger partial charge in [-0.1, -0.05) is 67.1 Å². The van der Waals surface area contributed by atoms with Gasteiger partial charge in [-0.25, -0.2) is 0 Å². The quantitative estimate of drug-likeness (QED) is 0.804. The summed E-state index contributed by atoms with van der Waals surface area (Å²) in [6, 6.07) is 17.4. The number of nitrogens with zero attached hydrogens (tertiary/aromatic N) is 1. The van der Waals surface area contributed by atoms with Crippen LogP contribution in [0.15, 0.2) is 65.3 Å². The lowest BCUT2D eigenvalue weighted by molar-refractivity contribution is -0.137. The van der Waals surface area contributed by atoms with Crippen molar-refractivity contribution in [3.63, 3.8) is 0 Å². The average molecular weight is 355 g/mol. The number of hydrogen-bond acceptors (Lipinski definition) is 3. The summed E-state index contributed by atoms with van der Waals surface area (Å²) in [4.78, 5) is 26.2. The van der Waals surface area contributed by atoms with Crippen LogP contribution in [-0.4, -0.2) is 23.3 Å². The van der Waals surface area contributed by atoms with E-state index < -0.39 is 5.91 Å². The van der Waals surface area contributed by atoms with Crippen molar-refractivity contribution in [2.45, 2.75) is 19.8 Å². The molecule has 0 saturated heterocycles. The van der Waals surface area contributed by atoms with Crippen LogP contribution in [-0.2, 0) is 22.4 Å². The molecule has 2 aromatic rings. The second-order valence-corrected chi connectivity index (χ2v) is 6.20. The Labute approximate surface area is 152 Å². The molecule has 4 nitrogen and oxygen atoms in total. The van der Waals surface area contributed by atoms with Gasteiger partial charge in [0.2, 0.25) is 0 Å². The molecule has 0 spiro atoms. The number of hydrogen-bond donors (Lipinski definition) is 1. The number of rotatable bonds is 6. The molecule has 1 heterocycles. The lowest BCUT2D eigenvalue weighted by Gasteiger charge is -2.15. The zero-order valence-electron chi connectivity index (χ0n) is 14.0. The molecule has 0 unspecified atom stereocenters. The van der Waals surface area contributed by atoms with Gasteiger partial charge in [0.25, 0.3) is 11.8 Å². The highest BCUT2D eigenvalue weighted by Crippen LogP contribution is 2.27. The van der Waals surface area contributed by atoms with E-state index in [0.717, 1.165) is 23.2 Å². The van der Waals surface area contributed by atoms with Crippen LogP contribution >= 0.6 is 11.6 Å². The molecule has 2 amide bonds. The first kappa shape index (κ1) is 17.2. The second kappa shape index (κ2) is 7.53. The maximum Gasteiger partial charge on any atom is 0.278 e. The fourth-order valence-corrected chi connectivity index (χ4v) is 3.06. The lowest BCUT2D eigenvalue weighted by atomic mass is 10.1. The van der Waals surface area contributed by atoms with Crippen molar-refractivity contribution in [2.75, 3.05) is 11.9 Å². The molecule has 1 aliphatic heterocycles. The Balaban J connectivity index is 1.75. The number of para-hydroxylation sites is 1. The van der Waals surface area contributed by atoms with E-state index in [1.165, 1.54) is 4.90 Å². The van der Waals surface area contributed by atoms with Crippen LogP contribution in [0.3, 0.4) is 0 Å². The largest absolute Gasteiger partial charge is 0.349 e. The number of benzene rings is 2. The predicted octanol–water partition coefficient (Wildman–Crippen LogP) is 3.72. The number of amides is 2. The Hall–Kier alpha value is -2.59. The van der Waals surface area contributed by atoms with Crippen LogP contribution in [0.4, 0.5) is 5.69 Å². The topological polar surface area (TPSA) is 49.4 Å². The van der Waals surface area contributed by atoms with Crippen molar-refractivity contribution in [3.8, 4) is 0 Å². The highest BCUT2D eigenvalue weighted by molar-refractivity contribution is 6.48. The summed E-state index contributed by atoms with van der Waals surface area (Å²) >= 11 is 6.15. The molecular formula is C20H19ClN2O2. The van der Waals surface area contributed by atoms with E-state index in [1.807, 2.05) is 61.5 Å². The van der Waals surface area contributed by atoms with Crippen molar-refractivity contribution in [3.05, 3.63) is 76.5 Å². The van der Waals surface area contributed by atoms with Gasteiger partial charge in [0, 0.05) is 12.2 Å². The zero-order chi connectivity index (χ0) is 17.8. The lowest BCUT2D eigenvalue weighted by Crippen LogP contribution is -2.34. The van der Waals surface area contributed by atoms with Gasteiger partial charge in [-0.3, -0.25) is 14.5 Å². The van der Waals surface area contributed by atoms with E-state index in [0.29, 0.717) is 13.0 Å². The van der Waals surface area contributed by atoms with E-state index in [9.17, 15) is 9.59 Å². The molecule has 128 valence electrons. The number of anilines is 1. The maximum absolute atomic E-state index is 12.7. The molecule has 0 aliphatic carbocycles. The van der Waals surface area contributed by atoms with Gasteiger partial charge in [0.15, 0.2) is 0 Å². The minimum atomic E-state index is -0.445. The summed E-state index contributed by atoms with van der Waals surface area (Å²) in [7, 11) is 0. The Morgan fingerprint density at radius 1 is 0.960 bits per heavy atom. The van der Waals surface area contributed by atoms with Crippen LogP contribution in [0.25, 0.3) is 0 Å². The predicted molar refractivity (Wildman–Crippen MR) is 99.2 cm³/mol. The van der Waals surface area contributed by atoms with Crippen LogP contribution in [0.1, 0.15) is 18.1 Å². The van der Waals surface area contributed by atoms with Crippen LogP contribution in [0, 0.1) is 0 Å².